The number of nitrogens with zero attached hydrogens (tertiary/aromatic N) is 3. The van der Waals surface area contributed by atoms with E-state index in [1.54, 1.807) is 0 Å². The van der Waals surface area contributed by atoms with E-state index in [1.807, 2.05) is 0 Å². The number of halogens is 1. The number of nitrogens with one attached hydrogen (secondary N) is 1. The minimum Gasteiger partial charge on any atom is -0.379 e. The molecule has 2 fully saturated rings. The highest BCUT2D eigenvalue weighted by Gasteiger charge is 2.24. The first-order valence-corrected chi connectivity index (χ1v) is 8.98. The monoisotopic (exact) mass is 438 g/mol. The van der Waals surface area contributed by atoms with E-state index in [4.69, 9.17) is 9.73 Å². The minimum atomic E-state index is 0. The van der Waals surface area contributed by atoms with Gasteiger partial charge in [-0.1, -0.05) is 6.92 Å². The smallest absolute Gasteiger partial charge is 0.193 e. The Kier molecular flexibility index (Phi) is 9.77. The second kappa shape index (κ2) is 10.7. The molecule has 136 valence electrons. The SMILES string of the molecule is CCNC(=NCC(C)N1CCOCC1C)N1CCCC(C)C1.I. The van der Waals surface area contributed by atoms with Crippen molar-refractivity contribution in [3.63, 3.8) is 0 Å². The molecule has 3 atom stereocenters. The summed E-state index contributed by atoms with van der Waals surface area (Å²) in [6.07, 6.45) is 2.62. The number of hydrogen-bond donors (Lipinski definition) is 1. The van der Waals surface area contributed by atoms with E-state index in [9.17, 15) is 0 Å². The fourth-order valence-electron chi connectivity index (χ4n) is 3.53. The fourth-order valence-corrected chi connectivity index (χ4v) is 3.53. The molecule has 2 aliphatic heterocycles. The third kappa shape index (κ3) is 6.38. The lowest BCUT2D eigenvalue weighted by molar-refractivity contribution is -0.0166. The zero-order valence-electron chi connectivity index (χ0n) is 15.3. The predicted molar refractivity (Wildman–Crippen MR) is 108 cm³/mol. The number of piperidine rings is 1. The average molecular weight is 438 g/mol. The van der Waals surface area contributed by atoms with Crippen LogP contribution >= 0.6 is 24.0 Å². The zero-order valence-corrected chi connectivity index (χ0v) is 17.6. The molecule has 0 bridgehead atoms. The molecule has 5 nitrogen and oxygen atoms in total. The van der Waals surface area contributed by atoms with E-state index in [-0.39, 0.29) is 24.0 Å². The predicted octanol–water partition coefficient (Wildman–Crippen LogP) is 2.41. The van der Waals surface area contributed by atoms with Crippen LogP contribution in [0.25, 0.3) is 0 Å². The third-order valence-corrected chi connectivity index (χ3v) is 4.78. The van der Waals surface area contributed by atoms with E-state index in [0.717, 1.165) is 57.8 Å². The van der Waals surface area contributed by atoms with Gasteiger partial charge < -0.3 is 15.0 Å². The molecule has 0 radical (unpaired) electrons. The normalized spacial score (nSPS) is 28.2. The molecule has 0 aromatic carbocycles. The van der Waals surface area contributed by atoms with Gasteiger partial charge in [0.05, 0.1) is 19.8 Å². The summed E-state index contributed by atoms with van der Waals surface area (Å²) in [6, 6.07) is 0.964. The van der Waals surface area contributed by atoms with Crippen molar-refractivity contribution < 1.29 is 4.74 Å². The van der Waals surface area contributed by atoms with Crippen LogP contribution in [-0.4, -0.2) is 73.8 Å². The Labute approximate surface area is 159 Å². The van der Waals surface area contributed by atoms with Gasteiger partial charge in [-0.05, 0) is 39.5 Å². The molecule has 0 amide bonds. The first-order chi connectivity index (χ1) is 10.6. The van der Waals surface area contributed by atoms with Gasteiger partial charge in [0, 0.05) is 38.3 Å². The maximum absolute atomic E-state index is 5.54. The van der Waals surface area contributed by atoms with Crippen molar-refractivity contribution in [1.82, 2.24) is 15.1 Å². The van der Waals surface area contributed by atoms with Crippen LogP contribution in [0.5, 0.6) is 0 Å². The highest BCUT2D eigenvalue weighted by Crippen LogP contribution is 2.16. The molecular formula is C17H35IN4O. The molecule has 0 aromatic rings. The summed E-state index contributed by atoms with van der Waals surface area (Å²) in [5.41, 5.74) is 0. The van der Waals surface area contributed by atoms with E-state index in [0.29, 0.717) is 12.1 Å². The van der Waals surface area contributed by atoms with Gasteiger partial charge in [0.2, 0.25) is 0 Å². The van der Waals surface area contributed by atoms with Crippen molar-refractivity contribution >= 4 is 29.9 Å². The number of rotatable bonds is 4. The first-order valence-electron chi connectivity index (χ1n) is 8.98. The average Bonchev–Trinajstić information content (AvgIpc) is 2.51. The highest BCUT2D eigenvalue weighted by atomic mass is 127. The van der Waals surface area contributed by atoms with Gasteiger partial charge >= 0.3 is 0 Å². The van der Waals surface area contributed by atoms with Crippen molar-refractivity contribution in [2.45, 2.75) is 52.6 Å². The molecule has 0 saturated carbocycles. The van der Waals surface area contributed by atoms with Crippen LogP contribution in [-0.2, 0) is 4.74 Å². The summed E-state index contributed by atoms with van der Waals surface area (Å²) >= 11 is 0. The van der Waals surface area contributed by atoms with Gasteiger partial charge in [-0.3, -0.25) is 9.89 Å². The summed E-state index contributed by atoms with van der Waals surface area (Å²) in [7, 11) is 0. The quantitative estimate of drug-likeness (QED) is 0.416. The zero-order chi connectivity index (χ0) is 15.9. The molecule has 2 aliphatic rings. The Bertz CT molecular complexity index is 367. The summed E-state index contributed by atoms with van der Waals surface area (Å²) < 4.78 is 5.54. The molecule has 1 N–H and O–H groups in total. The van der Waals surface area contributed by atoms with Crippen molar-refractivity contribution in [3.8, 4) is 0 Å². The largest absolute Gasteiger partial charge is 0.379 e. The molecule has 0 aromatic heterocycles. The van der Waals surface area contributed by atoms with Gasteiger partial charge in [0.15, 0.2) is 5.96 Å². The van der Waals surface area contributed by atoms with Crippen LogP contribution in [0.2, 0.25) is 0 Å². The molecular weight excluding hydrogens is 403 g/mol. The fraction of sp³-hybridized carbons (Fsp3) is 0.941. The molecule has 6 heteroatoms. The molecule has 2 rings (SSSR count). The third-order valence-electron chi connectivity index (χ3n) is 4.78. The molecule has 0 aliphatic carbocycles. The van der Waals surface area contributed by atoms with E-state index in [1.165, 1.54) is 12.8 Å². The van der Waals surface area contributed by atoms with Crippen LogP contribution < -0.4 is 5.32 Å². The summed E-state index contributed by atoms with van der Waals surface area (Å²) in [4.78, 5) is 9.89. The van der Waals surface area contributed by atoms with Gasteiger partial charge in [-0.15, -0.1) is 24.0 Å². The van der Waals surface area contributed by atoms with Gasteiger partial charge in [-0.25, -0.2) is 0 Å². The van der Waals surface area contributed by atoms with E-state index in [2.05, 4.69) is 42.8 Å². The van der Waals surface area contributed by atoms with E-state index < -0.39 is 0 Å². The lowest BCUT2D eigenvalue weighted by atomic mass is 10.0. The Morgan fingerprint density at radius 3 is 2.78 bits per heavy atom. The second-order valence-corrected chi connectivity index (χ2v) is 6.90. The maximum atomic E-state index is 5.54. The van der Waals surface area contributed by atoms with Crippen LogP contribution in [0.3, 0.4) is 0 Å². The standard InChI is InChI=1S/C17H34N4O.HI/c1-5-18-17(20-8-6-7-14(2)12-20)19-11-15(3)21-9-10-22-13-16(21)4;/h14-16H,5-13H2,1-4H3,(H,18,19);1H. The second-order valence-electron chi connectivity index (χ2n) is 6.90. The van der Waals surface area contributed by atoms with Gasteiger partial charge in [-0.2, -0.15) is 0 Å². The van der Waals surface area contributed by atoms with Crippen molar-refractivity contribution in [3.05, 3.63) is 0 Å². The first kappa shape index (κ1) is 21.0. The Balaban J connectivity index is 0.00000264. The van der Waals surface area contributed by atoms with Crippen LogP contribution in [0.15, 0.2) is 4.99 Å². The lowest BCUT2D eigenvalue weighted by Gasteiger charge is -2.38. The summed E-state index contributed by atoms with van der Waals surface area (Å²) in [5, 5.41) is 3.48. The summed E-state index contributed by atoms with van der Waals surface area (Å²) in [5.74, 6) is 1.87. The Morgan fingerprint density at radius 2 is 2.13 bits per heavy atom. The number of aliphatic imine (C=N–C) groups is 1. The summed E-state index contributed by atoms with van der Waals surface area (Å²) in [6.45, 7) is 15.8. The van der Waals surface area contributed by atoms with Gasteiger partial charge in [0.25, 0.3) is 0 Å². The molecule has 0 spiro atoms. The van der Waals surface area contributed by atoms with Crippen LogP contribution in [0.4, 0.5) is 0 Å². The van der Waals surface area contributed by atoms with Crippen LogP contribution in [0.1, 0.15) is 40.5 Å². The highest BCUT2D eigenvalue weighted by molar-refractivity contribution is 14.0. The minimum absolute atomic E-state index is 0. The maximum Gasteiger partial charge on any atom is 0.193 e. The molecule has 2 saturated heterocycles. The number of likely N-dealkylation sites (tertiary alicyclic amines) is 1. The van der Waals surface area contributed by atoms with Gasteiger partial charge in [0.1, 0.15) is 0 Å². The Hall–Kier alpha value is -0.0800. The Morgan fingerprint density at radius 1 is 1.35 bits per heavy atom. The van der Waals surface area contributed by atoms with E-state index >= 15 is 0 Å². The van der Waals surface area contributed by atoms with Crippen LogP contribution in [0, 0.1) is 5.92 Å². The number of morpholine rings is 1. The lowest BCUT2D eigenvalue weighted by Crippen LogP contribution is -2.50. The molecule has 2 heterocycles. The van der Waals surface area contributed by atoms with Crippen molar-refractivity contribution in [1.29, 1.82) is 0 Å². The number of guanidine groups is 1. The molecule has 23 heavy (non-hydrogen) atoms. The topological polar surface area (TPSA) is 40.1 Å². The van der Waals surface area contributed by atoms with Crippen molar-refractivity contribution in [2.75, 3.05) is 45.9 Å². The molecule has 3 unspecified atom stereocenters. The van der Waals surface area contributed by atoms with Crippen molar-refractivity contribution in [2.24, 2.45) is 10.9 Å². The number of ether oxygens (including phenoxy) is 1. The number of hydrogen-bond acceptors (Lipinski definition) is 3.